The molecule has 0 amide bonds. The molecule has 1 aromatic rings. The number of unbranched alkanes of at least 4 members (excludes halogenated alkanes) is 1. The lowest BCUT2D eigenvalue weighted by Crippen LogP contribution is -2.32. The smallest absolute Gasteiger partial charge is 0.214 e. The van der Waals surface area contributed by atoms with Gasteiger partial charge in [-0.3, -0.25) is 0 Å². The first kappa shape index (κ1) is 15.6. The Bertz CT molecular complexity index is 266. The largest absolute Gasteiger partial charge is 0.643 e. The van der Waals surface area contributed by atoms with E-state index in [0.29, 0.717) is 0 Å². The highest BCUT2D eigenvalue weighted by molar-refractivity contribution is 7.54. The number of pyridine rings is 1. The highest BCUT2D eigenvalue weighted by Gasteiger charge is 2.00. The maximum absolute atomic E-state index is 4.94. The summed E-state index contributed by atoms with van der Waals surface area (Å²) < 4.78 is 2.25. The number of rotatable bonds is 3. The van der Waals surface area contributed by atoms with Crippen LogP contribution in [-0.2, 0) is 6.54 Å². The lowest BCUT2D eigenvalue weighted by Gasteiger charge is -1.94. The van der Waals surface area contributed by atoms with Crippen LogP contribution in [0.15, 0.2) is 24.5 Å². The number of aromatic nitrogens is 1. The first-order chi connectivity index (χ1) is 7.06. The molecule has 0 aromatic carbocycles. The Morgan fingerprint density at radius 2 is 1.93 bits per heavy atom. The van der Waals surface area contributed by atoms with Crippen LogP contribution in [0.2, 0.25) is 0 Å². The van der Waals surface area contributed by atoms with Gasteiger partial charge in [0.25, 0.3) is 0 Å². The van der Waals surface area contributed by atoms with Crippen molar-refractivity contribution in [2.45, 2.75) is 33.2 Å². The first-order valence-corrected chi connectivity index (χ1v) is 10.2. The van der Waals surface area contributed by atoms with Gasteiger partial charge in [0.15, 0.2) is 12.4 Å². The fourth-order valence-corrected chi connectivity index (χ4v) is 1.13. The summed E-state index contributed by atoms with van der Waals surface area (Å²) in [5.74, 6) is 0. The second-order valence-electron chi connectivity index (χ2n) is 3.22. The number of aryl methyl sites for hydroxylation is 2. The molecular formula is C10H16AlCl3N+. The molecule has 84 valence electrons. The van der Waals surface area contributed by atoms with Gasteiger partial charge in [-0.15, -0.1) is 0 Å². The van der Waals surface area contributed by atoms with E-state index >= 15 is 0 Å². The second kappa shape index (κ2) is 9.76. The predicted molar refractivity (Wildman–Crippen MR) is 69.6 cm³/mol. The van der Waals surface area contributed by atoms with Gasteiger partial charge in [0.1, 0.15) is 6.54 Å². The van der Waals surface area contributed by atoms with Crippen molar-refractivity contribution in [3.05, 3.63) is 30.1 Å². The topological polar surface area (TPSA) is 3.88 Å². The molecule has 15 heavy (non-hydrogen) atoms. The highest BCUT2D eigenvalue weighted by atomic mass is 35.8. The van der Waals surface area contributed by atoms with Crippen LogP contribution in [0.3, 0.4) is 0 Å². The molecule has 1 aromatic heterocycles. The zero-order chi connectivity index (χ0) is 11.7. The summed E-state index contributed by atoms with van der Waals surface area (Å²) >= 11 is -1.72. The average Bonchev–Trinajstić information content (AvgIpc) is 2.14. The molecule has 1 nitrogen and oxygen atoms in total. The van der Waals surface area contributed by atoms with Crippen LogP contribution in [-0.4, -0.2) is 11.4 Å². The normalized spacial score (nSPS) is 9.13. The van der Waals surface area contributed by atoms with Gasteiger partial charge in [0.05, 0.1) is 0 Å². The molecular weight excluding hydrogens is 267 g/mol. The maximum atomic E-state index is 4.94. The summed E-state index contributed by atoms with van der Waals surface area (Å²) in [7, 11) is 14.8. The lowest BCUT2D eigenvalue weighted by atomic mass is 10.3. The predicted octanol–water partition coefficient (Wildman–Crippen LogP) is 3.77. The molecule has 0 aliphatic heterocycles. The van der Waals surface area contributed by atoms with Crippen molar-refractivity contribution in [1.29, 1.82) is 0 Å². The Labute approximate surface area is 109 Å². The maximum Gasteiger partial charge on any atom is 0.643 e. The Morgan fingerprint density at radius 3 is 2.40 bits per heavy atom. The molecule has 0 fully saturated rings. The SMILES string of the molecule is CCCC[n+]1cccc(C)c1.[Cl][Al]([Cl])[Cl]. The van der Waals surface area contributed by atoms with Crippen LogP contribution in [0.1, 0.15) is 25.3 Å². The Kier molecular flexibility index (Phi) is 10.1. The van der Waals surface area contributed by atoms with Crippen molar-refractivity contribution in [2.75, 3.05) is 0 Å². The second-order valence-corrected chi connectivity index (χ2v) is 9.65. The van der Waals surface area contributed by atoms with E-state index in [4.69, 9.17) is 30.1 Å². The van der Waals surface area contributed by atoms with Crippen LogP contribution < -0.4 is 4.57 Å². The Hall–Kier alpha value is 0.552. The molecule has 0 saturated carbocycles. The summed E-state index contributed by atoms with van der Waals surface area (Å²) in [5, 5.41) is 0. The van der Waals surface area contributed by atoms with Gasteiger partial charge >= 0.3 is 11.4 Å². The number of nitrogens with zero attached hydrogens (tertiary/aromatic N) is 1. The van der Waals surface area contributed by atoms with E-state index in [0.717, 1.165) is 6.54 Å². The van der Waals surface area contributed by atoms with Crippen molar-refractivity contribution in [1.82, 2.24) is 0 Å². The van der Waals surface area contributed by atoms with Crippen LogP contribution in [0, 0.1) is 6.92 Å². The zero-order valence-corrected chi connectivity index (χ0v) is 12.5. The van der Waals surface area contributed by atoms with Gasteiger partial charge in [-0.05, 0) is 13.0 Å². The number of halogens is 3. The fourth-order valence-electron chi connectivity index (χ4n) is 1.13. The lowest BCUT2D eigenvalue weighted by molar-refractivity contribution is -0.697. The third-order valence-corrected chi connectivity index (χ3v) is 1.78. The van der Waals surface area contributed by atoms with E-state index in [-0.39, 0.29) is 0 Å². The van der Waals surface area contributed by atoms with Crippen LogP contribution in [0.5, 0.6) is 0 Å². The summed E-state index contributed by atoms with van der Waals surface area (Å²) in [6, 6.07) is 4.23. The van der Waals surface area contributed by atoms with E-state index in [1.165, 1.54) is 18.4 Å². The van der Waals surface area contributed by atoms with E-state index in [2.05, 4.69) is 42.9 Å². The Balaban J connectivity index is 0.000000423. The fraction of sp³-hybridized carbons (Fsp3) is 0.500. The molecule has 0 bridgehead atoms. The van der Waals surface area contributed by atoms with Crippen molar-refractivity contribution in [3.8, 4) is 0 Å². The molecule has 0 unspecified atom stereocenters. The molecule has 0 spiro atoms. The Morgan fingerprint density at radius 1 is 1.33 bits per heavy atom. The monoisotopic (exact) mass is 282 g/mol. The van der Waals surface area contributed by atoms with Crippen LogP contribution in [0.25, 0.3) is 0 Å². The molecule has 0 saturated heterocycles. The van der Waals surface area contributed by atoms with E-state index in [9.17, 15) is 0 Å². The van der Waals surface area contributed by atoms with Crippen molar-refractivity contribution in [2.24, 2.45) is 0 Å². The summed E-state index contributed by atoms with van der Waals surface area (Å²) in [4.78, 5) is 0. The van der Waals surface area contributed by atoms with Gasteiger partial charge in [-0.1, -0.05) is 13.3 Å². The average molecular weight is 284 g/mol. The molecule has 1 heterocycles. The first-order valence-electron chi connectivity index (χ1n) is 4.94. The summed E-state index contributed by atoms with van der Waals surface area (Å²) in [5.41, 5.74) is 1.34. The van der Waals surface area contributed by atoms with E-state index in [1.807, 2.05) is 0 Å². The van der Waals surface area contributed by atoms with E-state index in [1.54, 1.807) is 0 Å². The minimum Gasteiger partial charge on any atom is -0.214 e. The van der Waals surface area contributed by atoms with Crippen LogP contribution in [0.4, 0.5) is 0 Å². The van der Waals surface area contributed by atoms with Crippen molar-refractivity contribution >= 4 is 41.5 Å². The molecule has 0 radical (unpaired) electrons. The van der Waals surface area contributed by atoms with E-state index < -0.39 is 11.4 Å². The van der Waals surface area contributed by atoms with Gasteiger partial charge in [-0.2, -0.15) is 0 Å². The third-order valence-electron chi connectivity index (χ3n) is 1.78. The molecule has 0 aliphatic rings. The molecule has 0 atom stereocenters. The molecule has 1 rings (SSSR count). The molecule has 5 heteroatoms. The number of hydrogen-bond donors (Lipinski definition) is 0. The standard InChI is InChI=1S/C10H16N.Al.3ClH/c1-3-4-7-11-8-5-6-10(2)9-11;;;;/h5-6,8-9H,3-4,7H2,1-2H3;;3*1H/q+1;+3;;;/p-3. The van der Waals surface area contributed by atoms with Gasteiger partial charge in [-0.25, -0.2) is 34.7 Å². The number of hydrogen-bond acceptors (Lipinski definition) is 0. The molecule has 0 aliphatic carbocycles. The summed E-state index contributed by atoms with van der Waals surface area (Å²) in [6.07, 6.45) is 6.85. The van der Waals surface area contributed by atoms with Gasteiger partial charge in [0, 0.05) is 18.1 Å². The minimum atomic E-state index is -1.72. The van der Waals surface area contributed by atoms with Crippen LogP contribution >= 0.6 is 30.1 Å². The zero-order valence-electron chi connectivity index (χ0n) is 9.09. The van der Waals surface area contributed by atoms with Crippen molar-refractivity contribution in [3.63, 3.8) is 0 Å². The van der Waals surface area contributed by atoms with Crippen molar-refractivity contribution < 1.29 is 4.57 Å². The third kappa shape index (κ3) is 10.8. The van der Waals surface area contributed by atoms with Gasteiger partial charge < -0.3 is 0 Å². The van der Waals surface area contributed by atoms with Gasteiger partial charge in [0.2, 0.25) is 0 Å². The highest BCUT2D eigenvalue weighted by Crippen LogP contribution is 1.97. The quantitative estimate of drug-likeness (QED) is 0.587. The molecule has 0 N–H and O–H groups in total. The minimum absolute atomic E-state index is 1.15. The summed E-state index contributed by atoms with van der Waals surface area (Å²) in [6.45, 7) is 5.50.